The van der Waals surface area contributed by atoms with Crippen LogP contribution in [0.5, 0.6) is 0 Å². The second-order valence-electron chi connectivity index (χ2n) is 9.18. The zero-order valence-electron chi connectivity index (χ0n) is 18.1. The van der Waals surface area contributed by atoms with Gasteiger partial charge in [0.25, 0.3) is 0 Å². The maximum Gasteiger partial charge on any atom is 0.228 e. The van der Waals surface area contributed by atoms with E-state index in [0.717, 1.165) is 17.4 Å². The zero-order valence-corrected chi connectivity index (χ0v) is 18.1. The van der Waals surface area contributed by atoms with Crippen molar-refractivity contribution < 1.29 is 19.4 Å². The molecule has 0 saturated carbocycles. The van der Waals surface area contributed by atoms with Crippen LogP contribution in [0.1, 0.15) is 52.3 Å². The SMILES string of the molecule is COC[C@H]1O[C@@H](n2cc(C)c3c(NC(=O)C(C)CC(C)(C)C)ncnc32)CC1O. The van der Waals surface area contributed by atoms with Crippen LogP contribution in [0.2, 0.25) is 0 Å². The van der Waals surface area contributed by atoms with Gasteiger partial charge in [0.15, 0.2) is 0 Å². The second kappa shape index (κ2) is 8.38. The summed E-state index contributed by atoms with van der Waals surface area (Å²) in [6, 6.07) is 0. The topological polar surface area (TPSA) is 98.5 Å². The van der Waals surface area contributed by atoms with Gasteiger partial charge in [-0.05, 0) is 24.3 Å². The Morgan fingerprint density at radius 3 is 2.83 bits per heavy atom. The number of nitrogens with zero attached hydrogens (tertiary/aromatic N) is 3. The molecule has 0 aromatic carbocycles. The molecular formula is C21H32N4O4. The summed E-state index contributed by atoms with van der Waals surface area (Å²) in [5, 5.41) is 14.0. The third-order valence-electron chi connectivity index (χ3n) is 5.25. The molecule has 8 heteroatoms. The lowest BCUT2D eigenvalue weighted by Gasteiger charge is -2.22. The van der Waals surface area contributed by atoms with Crippen molar-refractivity contribution in [1.29, 1.82) is 0 Å². The van der Waals surface area contributed by atoms with E-state index in [9.17, 15) is 9.90 Å². The smallest absolute Gasteiger partial charge is 0.228 e. The van der Waals surface area contributed by atoms with Crippen LogP contribution in [0, 0.1) is 18.3 Å². The van der Waals surface area contributed by atoms with E-state index in [2.05, 4.69) is 36.1 Å². The van der Waals surface area contributed by atoms with Gasteiger partial charge in [-0.3, -0.25) is 4.79 Å². The Bertz CT molecular complexity index is 873. The van der Waals surface area contributed by atoms with Crippen molar-refractivity contribution in [3.05, 3.63) is 18.1 Å². The summed E-state index contributed by atoms with van der Waals surface area (Å²) in [6.07, 6.45) is 3.28. The number of aromatic nitrogens is 3. The lowest BCUT2D eigenvalue weighted by molar-refractivity contribution is -0.120. The van der Waals surface area contributed by atoms with Crippen LogP contribution in [-0.2, 0) is 14.3 Å². The summed E-state index contributed by atoms with van der Waals surface area (Å²) in [5.41, 5.74) is 1.68. The number of fused-ring (bicyclic) bond motifs is 1. The van der Waals surface area contributed by atoms with Crippen molar-refractivity contribution in [2.75, 3.05) is 19.0 Å². The van der Waals surface area contributed by atoms with E-state index in [-0.39, 0.29) is 29.6 Å². The molecule has 29 heavy (non-hydrogen) atoms. The first-order valence-electron chi connectivity index (χ1n) is 10.1. The summed E-state index contributed by atoms with van der Waals surface area (Å²) in [7, 11) is 1.58. The number of anilines is 1. The fourth-order valence-corrected chi connectivity index (χ4v) is 4.04. The third kappa shape index (κ3) is 4.76. The minimum atomic E-state index is -0.600. The number of methoxy groups -OCH3 is 1. The first kappa shape index (κ1) is 21.7. The highest BCUT2D eigenvalue weighted by atomic mass is 16.6. The fourth-order valence-electron chi connectivity index (χ4n) is 4.04. The van der Waals surface area contributed by atoms with E-state index < -0.39 is 6.10 Å². The number of aliphatic hydroxyl groups is 1. The number of aryl methyl sites for hydroxylation is 1. The zero-order chi connectivity index (χ0) is 21.3. The minimum Gasteiger partial charge on any atom is -0.390 e. The van der Waals surface area contributed by atoms with Crippen molar-refractivity contribution in [3.8, 4) is 0 Å². The van der Waals surface area contributed by atoms with E-state index in [4.69, 9.17) is 9.47 Å². The Morgan fingerprint density at radius 1 is 1.45 bits per heavy atom. The highest BCUT2D eigenvalue weighted by Gasteiger charge is 2.36. The summed E-state index contributed by atoms with van der Waals surface area (Å²) >= 11 is 0. The average Bonchev–Trinajstić information content (AvgIpc) is 3.15. The number of rotatable bonds is 6. The number of nitrogens with one attached hydrogen (secondary N) is 1. The first-order chi connectivity index (χ1) is 13.6. The molecule has 2 aromatic heterocycles. The maximum atomic E-state index is 12.7. The van der Waals surface area contributed by atoms with Gasteiger partial charge >= 0.3 is 0 Å². The molecule has 2 N–H and O–H groups in total. The van der Waals surface area contributed by atoms with Gasteiger partial charge in [0.05, 0.1) is 18.1 Å². The van der Waals surface area contributed by atoms with Gasteiger partial charge in [-0.15, -0.1) is 0 Å². The van der Waals surface area contributed by atoms with Gasteiger partial charge in [0, 0.05) is 25.6 Å². The lowest BCUT2D eigenvalue weighted by Crippen LogP contribution is -2.25. The highest BCUT2D eigenvalue weighted by Crippen LogP contribution is 2.35. The molecule has 3 rings (SSSR count). The molecule has 1 aliphatic heterocycles. The van der Waals surface area contributed by atoms with Crippen LogP contribution >= 0.6 is 0 Å². The Hall–Kier alpha value is -2.03. The number of amides is 1. The summed E-state index contributed by atoms with van der Waals surface area (Å²) < 4.78 is 13.0. The van der Waals surface area contributed by atoms with Crippen LogP contribution in [0.25, 0.3) is 11.0 Å². The van der Waals surface area contributed by atoms with Crippen molar-refractivity contribution in [3.63, 3.8) is 0 Å². The predicted octanol–water partition coefficient (Wildman–Crippen LogP) is 3.05. The average molecular weight is 405 g/mol. The molecule has 1 saturated heterocycles. The van der Waals surface area contributed by atoms with Crippen molar-refractivity contribution in [1.82, 2.24) is 14.5 Å². The standard InChI is InChI=1S/C21H32N4O4/c1-12(8-21(3,4)5)20(27)24-18-17-13(2)9-25(19(17)23-11-22-18)16-7-14(26)15(29-16)10-28-6/h9,11-12,14-16,26H,7-8,10H2,1-6H3,(H,22,23,24,27)/t12?,14?,15-,16-/m1/s1. The van der Waals surface area contributed by atoms with Crippen LogP contribution < -0.4 is 5.32 Å². The number of aliphatic hydroxyl groups excluding tert-OH is 1. The number of carbonyl (C=O) groups is 1. The Morgan fingerprint density at radius 2 is 2.17 bits per heavy atom. The van der Waals surface area contributed by atoms with Gasteiger partial charge in [0.2, 0.25) is 5.91 Å². The van der Waals surface area contributed by atoms with Gasteiger partial charge in [-0.25, -0.2) is 9.97 Å². The molecule has 8 nitrogen and oxygen atoms in total. The number of hydrogen-bond donors (Lipinski definition) is 2. The lowest BCUT2D eigenvalue weighted by atomic mass is 9.85. The Kier molecular flexibility index (Phi) is 6.26. The van der Waals surface area contributed by atoms with Crippen LogP contribution in [0.15, 0.2) is 12.5 Å². The van der Waals surface area contributed by atoms with Gasteiger partial charge in [-0.1, -0.05) is 27.7 Å². The van der Waals surface area contributed by atoms with Crippen molar-refractivity contribution in [2.24, 2.45) is 11.3 Å². The minimum absolute atomic E-state index is 0.0558. The van der Waals surface area contributed by atoms with Gasteiger partial charge in [-0.2, -0.15) is 0 Å². The van der Waals surface area contributed by atoms with E-state index in [0.29, 0.717) is 24.5 Å². The molecule has 0 bridgehead atoms. The maximum absolute atomic E-state index is 12.7. The summed E-state index contributed by atoms with van der Waals surface area (Å²) in [6.45, 7) is 10.6. The number of ether oxygens (including phenoxy) is 2. The Balaban J connectivity index is 1.86. The van der Waals surface area contributed by atoms with Crippen molar-refractivity contribution >= 4 is 22.8 Å². The molecule has 3 heterocycles. The molecule has 1 fully saturated rings. The molecule has 2 aromatic rings. The summed E-state index contributed by atoms with van der Waals surface area (Å²) in [5.74, 6) is 0.314. The van der Waals surface area contributed by atoms with Gasteiger partial charge < -0.3 is 24.5 Å². The molecule has 2 unspecified atom stereocenters. The molecule has 0 radical (unpaired) electrons. The molecule has 1 aliphatic rings. The number of carbonyl (C=O) groups excluding carboxylic acids is 1. The molecular weight excluding hydrogens is 372 g/mol. The van der Waals surface area contributed by atoms with E-state index in [1.54, 1.807) is 7.11 Å². The fraction of sp³-hybridized carbons (Fsp3) is 0.667. The predicted molar refractivity (Wildman–Crippen MR) is 111 cm³/mol. The Labute approximate surface area is 171 Å². The van der Waals surface area contributed by atoms with Crippen LogP contribution in [0.3, 0.4) is 0 Å². The number of hydrogen-bond acceptors (Lipinski definition) is 6. The van der Waals surface area contributed by atoms with Crippen LogP contribution in [-0.4, -0.2) is 51.5 Å². The van der Waals surface area contributed by atoms with E-state index >= 15 is 0 Å². The largest absolute Gasteiger partial charge is 0.390 e. The van der Waals surface area contributed by atoms with E-state index in [1.807, 2.05) is 24.6 Å². The monoisotopic (exact) mass is 404 g/mol. The molecule has 4 atom stereocenters. The second-order valence-corrected chi connectivity index (χ2v) is 9.18. The first-order valence-corrected chi connectivity index (χ1v) is 10.1. The van der Waals surface area contributed by atoms with Crippen molar-refractivity contribution in [2.45, 2.75) is 65.9 Å². The van der Waals surface area contributed by atoms with E-state index in [1.165, 1.54) is 6.33 Å². The third-order valence-corrected chi connectivity index (χ3v) is 5.25. The molecule has 0 spiro atoms. The van der Waals surface area contributed by atoms with Gasteiger partial charge in [0.1, 0.15) is 30.1 Å². The molecule has 1 amide bonds. The molecule has 0 aliphatic carbocycles. The normalized spacial score (nSPS) is 23.5. The highest BCUT2D eigenvalue weighted by molar-refractivity contribution is 6.00. The molecule has 160 valence electrons. The van der Waals surface area contributed by atoms with Crippen LogP contribution in [0.4, 0.5) is 5.82 Å². The quantitative estimate of drug-likeness (QED) is 0.768. The summed E-state index contributed by atoms with van der Waals surface area (Å²) in [4.78, 5) is 21.5.